The number of nitrogens with one attached hydrogen (secondary N) is 1. The molecule has 1 unspecified atom stereocenters. The van der Waals surface area contributed by atoms with Crippen molar-refractivity contribution in [3.8, 4) is 0 Å². The van der Waals surface area contributed by atoms with E-state index in [0.717, 1.165) is 16.7 Å². The number of benzene rings is 3. The number of nitrogens with zero attached hydrogens (tertiary/aromatic N) is 1. The van der Waals surface area contributed by atoms with E-state index in [2.05, 4.69) is 5.32 Å². The molecule has 2 amide bonds. The van der Waals surface area contributed by atoms with Crippen molar-refractivity contribution >= 4 is 11.8 Å². The summed E-state index contributed by atoms with van der Waals surface area (Å²) in [6, 6.07) is 23.0. The molecule has 0 heterocycles. The molecule has 0 radical (unpaired) electrons. The van der Waals surface area contributed by atoms with E-state index in [1.807, 2.05) is 75.4 Å². The van der Waals surface area contributed by atoms with Gasteiger partial charge in [-0.2, -0.15) is 0 Å². The first-order valence-electron chi connectivity index (χ1n) is 11.7. The van der Waals surface area contributed by atoms with Crippen LogP contribution in [-0.4, -0.2) is 29.3 Å². The lowest BCUT2D eigenvalue weighted by molar-refractivity contribution is -0.140. The minimum absolute atomic E-state index is 0.0178. The van der Waals surface area contributed by atoms with Gasteiger partial charge >= 0.3 is 0 Å². The summed E-state index contributed by atoms with van der Waals surface area (Å²) >= 11 is 0. The number of hydrogen-bond donors (Lipinski definition) is 1. The molecule has 0 fully saturated rings. The van der Waals surface area contributed by atoms with Crippen LogP contribution in [0, 0.1) is 18.7 Å². The molecule has 3 aromatic carbocycles. The highest BCUT2D eigenvalue weighted by Gasteiger charge is 2.31. The van der Waals surface area contributed by atoms with Gasteiger partial charge in [-0.25, -0.2) is 4.39 Å². The van der Waals surface area contributed by atoms with Crippen molar-refractivity contribution in [3.63, 3.8) is 0 Å². The van der Waals surface area contributed by atoms with E-state index in [0.29, 0.717) is 18.5 Å². The fraction of sp³-hybridized carbons (Fsp3) is 0.310. The Labute approximate surface area is 201 Å². The minimum atomic E-state index is -0.765. The molecule has 0 aliphatic carbocycles. The topological polar surface area (TPSA) is 49.4 Å². The second-order valence-corrected chi connectivity index (χ2v) is 9.12. The number of hydrogen-bond acceptors (Lipinski definition) is 2. The Morgan fingerprint density at radius 3 is 2.18 bits per heavy atom. The van der Waals surface area contributed by atoms with Gasteiger partial charge in [0.1, 0.15) is 11.9 Å². The van der Waals surface area contributed by atoms with E-state index in [1.165, 1.54) is 11.0 Å². The van der Waals surface area contributed by atoms with Crippen molar-refractivity contribution in [2.24, 2.45) is 5.92 Å². The summed E-state index contributed by atoms with van der Waals surface area (Å²) in [4.78, 5) is 28.5. The van der Waals surface area contributed by atoms with Gasteiger partial charge in [-0.1, -0.05) is 92.2 Å². The van der Waals surface area contributed by atoms with Crippen LogP contribution in [0.4, 0.5) is 4.39 Å². The van der Waals surface area contributed by atoms with E-state index in [1.54, 1.807) is 18.2 Å². The standard InChI is InChI=1S/C29H33FN2O2/c1-21(2)19-31-29(34)27(17-23-9-5-4-6-10-23)32(20-25-11-7-8-12-26(25)30)28(33)18-24-15-13-22(3)14-16-24/h4-16,21,27H,17-20H2,1-3H3,(H,31,34). The van der Waals surface area contributed by atoms with Crippen LogP contribution >= 0.6 is 0 Å². The fourth-order valence-electron chi connectivity index (χ4n) is 3.77. The highest BCUT2D eigenvalue weighted by Crippen LogP contribution is 2.18. The molecule has 4 nitrogen and oxygen atoms in total. The van der Waals surface area contributed by atoms with Crippen molar-refractivity contribution in [1.82, 2.24) is 10.2 Å². The van der Waals surface area contributed by atoms with Crippen LogP contribution in [0.5, 0.6) is 0 Å². The summed E-state index contributed by atoms with van der Waals surface area (Å²) < 4.78 is 14.6. The number of halogens is 1. The fourth-order valence-corrected chi connectivity index (χ4v) is 3.77. The molecule has 3 aromatic rings. The van der Waals surface area contributed by atoms with Gasteiger partial charge in [0, 0.05) is 25.1 Å². The highest BCUT2D eigenvalue weighted by atomic mass is 19.1. The lowest BCUT2D eigenvalue weighted by atomic mass is 10.0. The van der Waals surface area contributed by atoms with Crippen molar-refractivity contribution in [2.75, 3.05) is 6.54 Å². The summed E-state index contributed by atoms with van der Waals surface area (Å²) in [5.74, 6) is -0.569. The lowest BCUT2D eigenvalue weighted by Crippen LogP contribution is -2.51. The van der Waals surface area contributed by atoms with Gasteiger partial charge in [0.15, 0.2) is 0 Å². The number of rotatable bonds is 10. The molecule has 1 N–H and O–H groups in total. The second kappa shape index (κ2) is 12.1. The number of carbonyl (C=O) groups excluding carboxylic acids is 2. The Hall–Kier alpha value is -3.47. The van der Waals surface area contributed by atoms with E-state index in [-0.39, 0.29) is 30.7 Å². The molecule has 0 saturated heterocycles. The van der Waals surface area contributed by atoms with Crippen LogP contribution < -0.4 is 5.32 Å². The SMILES string of the molecule is Cc1ccc(CC(=O)N(Cc2ccccc2F)C(Cc2ccccc2)C(=O)NCC(C)C)cc1. The first kappa shape index (κ1) is 25.2. The Morgan fingerprint density at radius 2 is 1.53 bits per heavy atom. The summed E-state index contributed by atoms with van der Waals surface area (Å²) in [5.41, 5.74) is 3.29. The van der Waals surface area contributed by atoms with Crippen molar-refractivity contribution in [2.45, 2.75) is 46.2 Å². The quantitative estimate of drug-likeness (QED) is 0.458. The number of amides is 2. The van der Waals surface area contributed by atoms with Crippen LogP contribution in [0.3, 0.4) is 0 Å². The Kier molecular flexibility index (Phi) is 8.97. The van der Waals surface area contributed by atoms with Crippen LogP contribution in [0.15, 0.2) is 78.9 Å². The van der Waals surface area contributed by atoms with Crippen LogP contribution in [0.1, 0.15) is 36.1 Å². The van der Waals surface area contributed by atoms with Gasteiger partial charge in [0.25, 0.3) is 0 Å². The van der Waals surface area contributed by atoms with Gasteiger partial charge in [-0.15, -0.1) is 0 Å². The van der Waals surface area contributed by atoms with Crippen LogP contribution in [-0.2, 0) is 29.0 Å². The molecule has 178 valence electrons. The van der Waals surface area contributed by atoms with E-state index >= 15 is 0 Å². The molecule has 0 aliphatic rings. The van der Waals surface area contributed by atoms with E-state index < -0.39 is 11.9 Å². The summed E-state index contributed by atoms with van der Waals surface area (Å²) in [5, 5.41) is 2.98. The normalized spacial score (nSPS) is 11.8. The average Bonchev–Trinajstić information content (AvgIpc) is 2.83. The maximum absolute atomic E-state index is 14.6. The summed E-state index contributed by atoms with van der Waals surface area (Å²) in [6.45, 7) is 6.55. The van der Waals surface area contributed by atoms with Crippen molar-refractivity contribution in [1.29, 1.82) is 0 Å². The molecular weight excluding hydrogens is 427 g/mol. The predicted octanol–water partition coefficient (Wildman–Crippen LogP) is 5.09. The third-order valence-electron chi connectivity index (χ3n) is 5.73. The predicted molar refractivity (Wildman–Crippen MR) is 134 cm³/mol. The molecule has 3 rings (SSSR count). The number of carbonyl (C=O) groups is 2. The first-order chi connectivity index (χ1) is 16.3. The zero-order valence-corrected chi connectivity index (χ0v) is 20.1. The van der Waals surface area contributed by atoms with E-state index in [4.69, 9.17) is 0 Å². The number of aryl methyl sites for hydroxylation is 1. The van der Waals surface area contributed by atoms with E-state index in [9.17, 15) is 14.0 Å². The molecule has 0 bridgehead atoms. The molecule has 0 spiro atoms. The summed E-state index contributed by atoms with van der Waals surface area (Å²) in [6.07, 6.45) is 0.482. The third kappa shape index (κ3) is 7.27. The van der Waals surface area contributed by atoms with Gasteiger partial charge in [0.2, 0.25) is 11.8 Å². The van der Waals surface area contributed by atoms with Crippen LogP contribution in [0.25, 0.3) is 0 Å². The summed E-state index contributed by atoms with van der Waals surface area (Å²) in [7, 11) is 0. The zero-order valence-electron chi connectivity index (χ0n) is 20.1. The maximum Gasteiger partial charge on any atom is 0.243 e. The third-order valence-corrected chi connectivity index (χ3v) is 5.73. The molecular formula is C29H33FN2O2. The molecule has 0 saturated carbocycles. The monoisotopic (exact) mass is 460 g/mol. The highest BCUT2D eigenvalue weighted by molar-refractivity contribution is 5.88. The Balaban J connectivity index is 1.96. The smallest absolute Gasteiger partial charge is 0.243 e. The van der Waals surface area contributed by atoms with Gasteiger partial charge in [-0.05, 0) is 30.0 Å². The second-order valence-electron chi connectivity index (χ2n) is 9.12. The molecule has 5 heteroatoms. The maximum atomic E-state index is 14.6. The molecule has 34 heavy (non-hydrogen) atoms. The molecule has 0 aromatic heterocycles. The Bertz CT molecular complexity index is 1080. The lowest BCUT2D eigenvalue weighted by Gasteiger charge is -2.32. The van der Waals surface area contributed by atoms with Crippen LogP contribution in [0.2, 0.25) is 0 Å². The first-order valence-corrected chi connectivity index (χ1v) is 11.7. The van der Waals surface area contributed by atoms with Gasteiger partial charge in [0.05, 0.1) is 6.42 Å². The molecule has 1 atom stereocenters. The largest absolute Gasteiger partial charge is 0.354 e. The minimum Gasteiger partial charge on any atom is -0.354 e. The zero-order chi connectivity index (χ0) is 24.5. The van der Waals surface area contributed by atoms with Gasteiger partial charge < -0.3 is 10.2 Å². The molecule has 0 aliphatic heterocycles. The van der Waals surface area contributed by atoms with Crippen molar-refractivity contribution in [3.05, 3.63) is 107 Å². The Morgan fingerprint density at radius 1 is 0.882 bits per heavy atom. The van der Waals surface area contributed by atoms with Gasteiger partial charge in [-0.3, -0.25) is 9.59 Å². The average molecular weight is 461 g/mol. The van der Waals surface area contributed by atoms with Crippen molar-refractivity contribution < 1.29 is 14.0 Å².